The Kier molecular flexibility index (Phi) is 7.81. The van der Waals surface area contributed by atoms with Crippen molar-refractivity contribution in [1.82, 2.24) is 15.1 Å². The number of hydrogen-bond donors (Lipinski definition) is 1. The Labute approximate surface area is 101 Å². The van der Waals surface area contributed by atoms with E-state index in [1.807, 2.05) is 0 Å². The SMILES string of the molecule is CCCNCCCCN1CCCN(C)CC1. The van der Waals surface area contributed by atoms with E-state index in [1.54, 1.807) is 0 Å². The standard InChI is InChI=1S/C13H29N3/c1-3-7-14-8-4-5-10-16-11-6-9-15(2)12-13-16/h14H,3-13H2,1-2H3. The van der Waals surface area contributed by atoms with Gasteiger partial charge in [-0.2, -0.15) is 0 Å². The largest absolute Gasteiger partial charge is 0.317 e. The molecule has 1 N–H and O–H groups in total. The van der Waals surface area contributed by atoms with E-state index in [2.05, 4.69) is 29.1 Å². The molecule has 1 rings (SSSR count). The number of unbranched alkanes of at least 4 members (excludes halogenated alkanes) is 1. The molecule has 1 aliphatic heterocycles. The smallest absolute Gasteiger partial charge is 0.0109 e. The highest BCUT2D eigenvalue weighted by atomic mass is 15.2. The summed E-state index contributed by atoms with van der Waals surface area (Å²) in [4.78, 5) is 5.08. The first-order chi connectivity index (χ1) is 7.83. The van der Waals surface area contributed by atoms with Gasteiger partial charge in [-0.25, -0.2) is 0 Å². The Bertz CT molecular complexity index is 161. The van der Waals surface area contributed by atoms with Gasteiger partial charge in [0.2, 0.25) is 0 Å². The van der Waals surface area contributed by atoms with Gasteiger partial charge < -0.3 is 15.1 Å². The van der Waals surface area contributed by atoms with Crippen LogP contribution in [0.3, 0.4) is 0 Å². The number of rotatable bonds is 7. The van der Waals surface area contributed by atoms with Crippen LogP contribution in [-0.4, -0.2) is 62.7 Å². The Morgan fingerprint density at radius 1 is 1.00 bits per heavy atom. The minimum atomic E-state index is 1.18. The third-order valence-electron chi connectivity index (χ3n) is 3.32. The maximum Gasteiger partial charge on any atom is 0.0109 e. The van der Waals surface area contributed by atoms with E-state index in [1.165, 1.54) is 71.5 Å². The minimum absolute atomic E-state index is 1.18. The second-order valence-corrected chi connectivity index (χ2v) is 4.96. The van der Waals surface area contributed by atoms with Crippen LogP contribution >= 0.6 is 0 Å². The van der Waals surface area contributed by atoms with E-state index < -0.39 is 0 Å². The number of nitrogens with one attached hydrogen (secondary N) is 1. The van der Waals surface area contributed by atoms with E-state index in [-0.39, 0.29) is 0 Å². The van der Waals surface area contributed by atoms with Crippen LogP contribution < -0.4 is 5.32 Å². The molecule has 1 saturated heterocycles. The van der Waals surface area contributed by atoms with Gasteiger partial charge in [-0.05, 0) is 65.5 Å². The van der Waals surface area contributed by atoms with Crippen molar-refractivity contribution < 1.29 is 0 Å². The highest BCUT2D eigenvalue weighted by Crippen LogP contribution is 2.02. The molecule has 0 atom stereocenters. The summed E-state index contributed by atoms with van der Waals surface area (Å²) in [5.41, 5.74) is 0. The van der Waals surface area contributed by atoms with Crippen LogP contribution in [0.1, 0.15) is 32.6 Å². The topological polar surface area (TPSA) is 18.5 Å². The van der Waals surface area contributed by atoms with Crippen molar-refractivity contribution in [2.45, 2.75) is 32.6 Å². The molecule has 0 aromatic rings. The van der Waals surface area contributed by atoms with Crippen LogP contribution in [0.25, 0.3) is 0 Å². The minimum Gasteiger partial charge on any atom is -0.317 e. The zero-order valence-corrected chi connectivity index (χ0v) is 11.2. The van der Waals surface area contributed by atoms with Crippen molar-refractivity contribution in [3.8, 4) is 0 Å². The highest BCUT2D eigenvalue weighted by molar-refractivity contribution is 4.67. The number of hydrogen-bond acceptors (Lipinski definition) is 3. The lowest BCUT2D eigenvalue weighted by Gasteiger charge is -2.19. The molecule has 1 heterocycles. The van der Waals surface area contributed by atoms with Gasteiger partial charge in [-0.3, -0.25) is 0 Å². The second-order valence-electron chi connectivity index (χ2n) is 4.96. The van der Waals surface area contributed by atoms with E-state index in [0.29, 0.717) is 0 Å². The molecule has 3 heteroatoms. The molecule has 0 radical (unpaired) electrons. The van der Waals surface area contributed by atoms with Crippen molar-refractivity contribution >= 4 is 0 Å². The summed E-state index contributed by atoms with van der Waals surface area (Å²) < 4.78 is 0. The summed E-state index contributed by atoms with van der Waals surface area (Å²) in [7, 11) is 2.23. The summed E-state index contributed by atoms with van der Waals surface area (Å²) in [6, 6.07) is 0. The molecule has 0 bridgehead atoms. The average Bonchev–Trinajstić information content (AvgIpc) is 2.49. The van der Waals surface area contributed by atoms with E-state index in [4.69, 9.17) is 0 Å². The molecular weight excluding hydrogens is 198 g/mol. The van der Waals surface area contributed by atoms with Gasteiger partial charge in [0.1, 0.15) is 0 Å². The normalized spacial score (nSPS) is 19.9. The summed E-state index contributed by atoms with van der Waals surface area (Å²) >= 11 is 0. The fourth-order valence-electron chi connectivity index (χ4n) is 2.21. The molecule has 3 nitrogen and oxygen atoms in total. The van der Waals surface area contributed by atoms with Gasteiger partial charge in [0, 0.05) is 13.1 Å². The van der Waals surface area contributed by atoms with Crippen molar-refractivity contribution in [3.63, 3.8) is 0 Å². The van der Waals surface area contributed by atoms with Gasteiger partial charge in [0.05, 0.1) is 0 Å². The van der Waals surface area contributed by atoms with Gasteiger partial charge in [0.15, 0.2) is 0 Å². The van der Waals surface area contributed by atoms with Gasteiger partial charge >= 0.3 is 0 Å². The van der Waals surface area contributed by atoms with Crippen molar-refractivity contribution in [2.24, 2.45) is 0 Å². The average molecular weight is 227 g/mol. The predicted octanol–water partition coefficient (Wildman–Crippen LogP) is 1.40. The lowest BCUT2D eigenvalue weighted by Crippen LogP contribution is -2.30. The number of likely N-dealkylation sites (N-methyl/N-ethyl adjacent to an activating group) is 1. The van der Waals surface area contributed by atoms with Crippen LogP contribution in [0, 0.1) is 0 Å². The van der Waals surface area contributed by atoms with E-state index >= 15 is 0 Å². The Balaban J connectivity index is 1.95. The van der Waals surface area contributed by atoms with Gasteiger partial charge in [-0.15, -0.1) is 0 Å². The molecular formula is C13H29N3. The maximum atomic E-state index is 3.47. The molecule has 0 saturated carbocycles. The molecule has 0 unspecified atom stereocenters. The summed E-state index contributed by atoms with van der Waals surface area (Å²) in [5.74, 6) is 0. The molecule has 1 fully saturated rings. The third kappa shape index (κ3) is 6.46. The van der Waals surface area contributed by atoms with E-state index in [0.717, 1.165) is 0 Å². The van der Waals surface area contributed by atoms with E-state index in [9.17, 15) is 0 Å². The fraction of sp³-hybridized carbons (Fsp3) is 1.00. The molecule has 96 valence electrons. The van der Waals surface area contributed by atoms with Crippen LogP contribution in [0.5, 0.6) is 0 Å². The fourth-order valence-corrected chi connectivity index (χ4v) is 2.21. The molecule has 0 aromatic heterocycles. The quantitative estimate of drug-likeness (QED) is 0.663. The summed E-state index contributed by atoms with van der Waals surface area (Å²) in [6.07, 6.45) is 5.26. The molecule has 0 aliphatic carbocycles. The molecule has 0 amide bonds. The van der Waals surface area contributed by atoms with Crippen molar-refractivity contribution in [3.05, 3.63) is 0 Å². The predicted molar refractivity (Wildman–Crippen MR) is 70.9 cm³/mol. The Morgan fingerprint density at radius 3 is 2.69 bits per heavy atom. The van der Waals surface area contributed by atoms with Crippen LogP contribution in [0.4, 0.5) is 0 Å². The molecule has 16 heavy (non-hydrogen) atoms. The number of nitrogens with zero attached hydrogens (tertiary/aromatic N) is 2. The first-order valence-electron chi connectivity index (χ1n) is 6.94. The lowest BCUT2D eigenvalue weighted by atomic mass is 10.2. The molecule has 0 spiro atoms. The zero-order chi connectivity index (χ0) is 11.6. The van der Waals surface area contributed by atoms with Crippen molar-refractivity contribution in [2.75, 3.05) is 52.9 Å². The summed E-state index contributed by atoms with van der Waals surface area (Å²) in [5, 5.41) is 3.47. The summed E-state index contributed by atoms with van der Waals surface area (Å²) in [6.45, 7) is 11.0. The highest BCUT2D eigenvalue weighted by Gasteiger charge is 2.10. The Morgan fingerprint density at radius 2 is 1.88 bits per heavy atom. The lowest BCUT2D eigenvalue weighted by molar-refractivity contribution is 0.271. The Hall–Kier alpha value is -0.120. The third-order valence-corrected chi connectivity index (χ3v) is 3.32. The molecule has 1 aliphatic rings. The van der Waals surface area contributed by atoms with Crippen LogP contribution in [-0.2, 0) is 0 Å². The van der Waals surface area contributed by atoms with Gasteiger partial charge in [-0.1, -0.05) is 6.92 Å². The van der Waals surface area contributed by atoms with Crippen LogP contribution in [0.2, 0.25) is 0 Å². The van der Waals surface area contributed by atoms with Crippen molar-refractivity contribution in [1.29, 1.82) is 0 Å². The maximum absolute atomic E-state index is 3.47. The van der Waals surface area contributed by atoms with Gasteiger partial charge in [0.25, 0.3) is 0 Å². The molecule has 0 aromatic carbocycles. The zero-order valence-electron chi connectivity index (χ0n) is 11.2. The first-order valence-corrected chi connectivity index (χ1v) is 6.94. The monoisotopic (exact) mass is 227 g/mol. The first kappa shape index (κ1) is 13.9. The second kappa shape index (κ2) is 8.97. The van der Waals surface area contributed by atoms with Crippen LogP contribution in [0.15, 0.2) is 0 Å².